The lowest BCUT2D eigenvalue weighted by atomic mass is 10.1. The minimum Gasteiger partial charge on any atom is -0.382 e. The van der Waals surface area contributed by atoms with Crippen LogP contribution < -0.4 is 5.73 Å². The maximum atomic E-state index is 12.9. The molecule has 2 rings (SSSR count). The summed E-state index contributed by atoms with van der Waals surface area (Å²) in [5, 5.41) is 0. The Kier molecular flexibility index (Phi) is 10.6. The summed E-state index contributed by atoms with van der Waals surface area (Å²) in [5.41, 5.74) is 8.38. The second kappa shape index (κ2) is 12.4. The van der Waals surface area contributed by atoms with Crippen LogP contribution in [0.25, 0.3) is 0 Å². The number of rotatable bonds is 10. The molecule has 0 spiro atoms. The molecule has 142 valence electrons. The van der Waals surface area contributed by atoms with Gasteiger partial charge in [0.2, 0.25) is 0 Å². The predicted molar refractivity (Wildman–Crippen MR) is 105 cm³/mol. The molecule has 0 radical (unpaired) electrons. The van der Waals surface area contributed by atoms with Gasteiger partial charge in [-0.15, -0.1) is 12.4 Å². The highest BCUT2D eigenvalue weighted by atomic mass is 35.5. The first-order valence-corrected chi connectivity index (χ1v) is 8.43. The number of hydrogen-bond acceptors (Lipinski definition) is 4. The van der Waals surface area contributed by atoms with E-state index in [9.17, 15) is 4.79 Å². The number of carbonyl (C=O) groups is 1. The lowest BCUT2D eigenvalue weighted by Crippen LogP contribution is -2.33. The SMILES string of the molecule is COCCOCCN(Cc1ccccc1)C(=O)c1ccc(CN)cc1.Cl. The van der Waals surface area contributed by atoms with E-state index in [1.165, 1.54) is 0 Å². The van der Waals surface area contributed by atoms with Gasteiger partial charge in [-0.05, 0) is 23.3 Å². The van der Waals surface area contributed by atoms with Gasteiger partial charge < -0.3 is 20.1 Å². The van der Waals surface area contributed by atoms with Crippen LogP contribution in [-0.4, -0.2) is 44.3 Å². The molecule has 2 N–H and O–H groups in total. The van der Waals surface area contributed by atoms with E-state index in [0.717, 1.165) is 11.1 Å². The Morgan fingerprint density at radius 1 is 0.962 bits per heavy atom. The Labute approximate surface area is 161 Å². The molecule has 2 aromatic carbocycles. The van der Waals surface area contributed by atoms with Crippen molar-refractivity contribution in [3.63, 3.8) is 0 Å². The number of amides is 1. The molecule has 6 heteroatoms. The molecular formula is C20H27ClN2O3. The summed E-state index contributed by atoms with van der Waals surface area (Å²) in [6.45, 7) is 3.09. The Bertz CT molecular complexity index is 635. The van der Waals surface area contributed by atoms with Crippen molar-refractivity contribution in [1.29, 1.82) is 0 Å². The third kappa shape index (κ3) is 7.14. The fourth-order valence-electron chi connectivity index (χ4n) is 2.44. The minimum absolute atomic E-state index is 0. The van der Waals surface area contributed by atoms with Crippen molar-refractivity contribution >= 4 is 18.3 Å². The summed E-state index contributed by atoms with van der Waals surface area (Å²) in [5.74, 6) is -0.0113. The van der Waals surface area contributed by atoms with E-state index in [0.29, 0.717) is 45.0 Å². The molecule has 26 heavy (non-hydrogen) atoms. The second-order valence-corrected chi connectivity index (χ2v) is 5.72. The average Bonchev–Trinajstić information content (AvgIpc) is 2.67. The summed E-state index contributed by atoms with van der Waals surface area (Å²) < 4.78 is 10.5. The van der Waals surface area contributed by atoms with Gasteiger partial charge in [0.25, 0.3) is 5.91 Å². The van der Waals surface area contributed by atoms with Gasteiger partial charge in [-0.1, -0.05) is 42.5 Å². The highest BCUT2D eigenvalue weighted by molar-refractivity contribution is 5.94. The zero-order chi connectivity index (χ0) is 17.9. The van der Waals surface area contributed by atoms with Gasteiger partial charge in [0.1, 0.15) is 0 Å². The smallest absolute Gasteiger partial charge is 0.254 e. The van der Waals surface area contributed by atoms with E-state index in [1.807, 2.05) is 54.6 Å². The van der Waals surface area contributed by atoms with Crippen molar-refractivity contribution < 1.29 is 14.3 Å². The Morgan fingerprint density at radius 3 is 2.27 bits per heavy atom. The van der Waals surface area contributed by atoms with Crippen LogP contribution in [0.3, 0.4) is 0 Å². The number of benzene rings is 2. The molecule has 1 amide bonds. The van der Waals surface area contributed by atoms with Gasteiger partial charge in [-0.25, -0.2) is 0 Å². The molecule has 5 nitrogen and oxygen atoms in total. The van der Waals surface area contributed by atoms with Crippen LogP contribution in [-0.2, 0) is 22.6 Å². The number of carbonyl (C=O) groups excluding carboxylic acids is 1. The van der Waals surface area contributed by atoms with Crippen molar-refractivity contribution in [3.8, 4) is 0 Å². The van der Waals surface area contributed by atoms with Crippen molar-refractivity contribution in [2.45, 2.75) is 13.1 Å². The molecular weight excluding hydrogens is 352 g/mol. The van der Waals surface area contributed by atoms with E-state index in [4.69, 9.17) is 15.2 Å². The monoisotopic (exact) mass is 378 g/mol. The minimum atomic E-state index is -0.0113. The van der Waals surface area contributed by atoms with Gasteiger partial charge in [0.15, 0.2) is 0 Å². The molecule has 2 aromatic rings. The van der Waals surface area contributed by atoms with Gasteiger partial charge >= 0.3 is 0 Å². The molecule has 0 saturated heterocycles. The van der Waals surface area contributed by atoms with Gasteiger partial charge in [0.05, 0.1) is 19.8 Å². The topological polar surface area (TPSA) is 64.8 Å². The van der Waals surface area contributed by atoms with Crippen LogP contribution in [0.15, 0.2) is 54.6 Å². The Hall–Kier alpha value is -1.92. The van der Waals surface area contributed by atoms with Crippen molar-refractivity contribution in [1.82, 2.24) is 4.90 Å². The van der Waals surface area contributed by atoms with Crippen molar-refractivity contribution in [2.75, 3.05) is 33.5 Å². The van der Waals surface area contributed by atoms with E-state index in [1.54, 1.807) is 12.0 Å². The molecule has 0 bridgehead atoms. The number of nitrogens with two attached hydrogens (primary N) is 1. The Morgan fingerprint density at radius 2 is 1.65 bits per heavy atom. The third-order valence-electron chi connectivity index (χ3n) is 3.88. The maximum Gasteiger partial charge on any atom is 0.254 e. The van der Waals surface area contributed by atoms with E-state index in [-0.39, 0.29) is 18.3 Å². The number of halogens is 1. The standard InChI is InChI=1S/C20H26N2O3.ClH/c1-24-13-14-25-12-11-22(16-18-5-3-2-4-6-18)20(23)19-9-7-17(15-21)8-10-19;/h2-10H,11-16,21H2,1H3;1H. The number of hydrogen-bond donors (Lipinski definition) is 1. The molecule has 0 fully saturated rings. The first-order chi connectivity index (χ1) is 12.2. The molecule has 0 saturated carbocycles. The second-order valence-electron chi connectivity index (χ2n) is 5.72. The molecule has 0 aromatic heterocycles. The van der Waals surface area contributed by atoms with Crippen LogP contribution in [0.5, 0.6) is 0 Å². The zero-order valence-corrected chi connectivity index (χ0v) is 15.9. The van der Waals surface area contributed by atoms with Crippen molar-refractivity contribution in [3.05, 3.63) is 71.3 Å². The third-order valence-corrected chi connectivity index (χ3v) is 3.88. The van der Waals surface area contributed by atoms with E-state index in [2.05, 4.69) is 0 Å². The van der Waals surface area contributed by atoms with E-state index >= 15 is 0 Å². The lowest BCUT2D eigenvalue weighted by Gasteiger charge is -2.23. The molecule has 0 aliphatic heterocycles. The van der Waals surface area contributed by atoms with Gasteiger partial charge in [-0.2, -0.15) is 0 Å². The molecule has 0 unspecified atom stereocenters. The molecule has 0 atom stereocenters. The largest absolute Gasteiger partial charge is 0.382 e. The van der Waals surface area contributed by atoms with Crippen LogP contribution in [0.1, 0.15) is 21.5 Å². The summed E-state index contributed by atoms with van der Waals surface area (Å²) in [4.78, 5) is 14.7. The fraction of sp³-hybridized carbons (Fsp3) is 0.350. The van der Waals surface area contributed by atoms with Gasteiger partial charge in [0, 0.05) is 32.3 Å². The highest BCUT2D eigenvalue weighted by Crippen LogP contribution is 2.11. The normalized spacial score (nSPS) is 10.2. The number of nitrogens with zero attached hydrogens (tertiary/aromatic N) is 1. The number of methoxy groups -OCH3 is 1. The Balaban J connectivity index is 0.00000338. The van der Waals surface area contributed by atoms with Gasteiger partial charge in [-0.3, -0.25) is 4.79 Å². The summed E-state index contributed by atoms with van der Waals surface area (Å²) >= 11 is 0. The summed E-state index contributed by atoms with van der Waals surface area (Å²) in [6, 6.07) is 17.4. The first-order valence-electron chi connectivity index (χ1n) is 8.43. The quantitative estimate of drug-likeness (QED) is 0.645. The molecule has 0 aliphatic carbocycles. The molecule has 0 aliphatic rings. The first kappa shape index (κ1) is 22.1. The summed E-state index contributed by atoms with van der Waals surface area (Å²) in [7, 11) is 1.64. The van der Waals surface area contributed by atoms with Crippen LogP contribution in [0.2, 0.25) is 0 Å². The van der Waals surface area contributed by atoms with Crippen LogP contribution in [0.4, 0.5) is 0 Å². The predicted octanol–water partition coefficient (Wildman–Crippen LogP) is 2.87. The fourth-order valence-corrected chi connectivity index (χ4v) is 2.44. The van der Waals surface area contributed by atoms with Crippen LogP contribution >= 0.6 is 12.4 Å². The van der Waals surface area contributed by atoms with Crippen LogP contribution in [0, 0.1) is 0 Å². The van der Waals surface area contributed by atoms with E-state index < -0.39 is 0 Å². The van der Waals surface area contributed by atoms with Crippen molar-refractivity contribution in [2.24, 2.45) is 5.73 Å². The lowest BCUT2D eigenvalue weighted by molar-refractivity contribution is 0.0477. The summed E-state index contributed by atoms with van der Waals surface area (Å²) in [6.07, 6.45) is 0. The average molecular weight is 379 g/mol. The highest BCUT2D eigenvalue weighted by Gasteiger charge is 2.16. The maximum absolute atomic E-state index is 12.9. The molecule has 0 heterocycles. The zero-order valence-electron chi connectivity index (χ0n) is 15.1. The number of ether oxygens (including phenoxy) is 2.